The first kappa shape index (κ1) is 31.3. The first-order valence-electron chi connectivity index (χ1n) is 11.6. The minimum Gasteiger partial charge on any atom is -0.475 e. The van der Waals surface area contributed by atoms with Crippen LogP contribution >= 0.6 is 11.3 Å². The summed E-state index contributed by atoms with van der Waals surface area (Å²) in [6, 6.07) is 5.13. The number of hydrogen-bond acceptors (Lipinski definition) is 7. The van der Waals surface area contributed by atoms with E-state index in [1.807, 2.05) is 11.3 Å². The monoisotopic (exact) mass is 563 g/mol. The number of carbonyl (C=O) groups is 2. The molecule has 3 aliphatic rings. The Labute approximate surface area is 214 Å². The predicted octanol–water partition coefficient (Wildman–Crippen LogP) is 3.30. The maximum atomic E-state index is 10.6. The van der Waals surface area contributed by atoms with Crippen molar-refractivity contribution in [1.29, 1.82) is 0 Å². The highest BCUT2D eigenvalue weighted by Gasteiger charge is 2.40. The Hall–Kier alpha value is -1.94. The van der Waals surface area contributed by atoms with Gasteiger partial charge in [-0.25, -0.2) is 9.59 Å². The van der Waals surface area contributed by atoms with Gasteiger partial charge in [0.15, 0.2) is 0 Å². The second-order valence-corrected chi connectivity index (χ2v) is 10.2. The largest absolute Gasteiger partial charge is 0.490 e. The van der Waals surface area contributed by atoms with E-state index < -0.39 is 24.3 Å². The number of rotatable bonds is 5. The molecule has 4 heterocycles. The third-order valence-electron chi connectivity index (χ3n) is 6.05. The van der Waals surface area contributed by atoms with Gasteiger partial charge in [0.2, 0.25) is 0 Å². The molecule has 37 heavy (non-hydrogen) atoms. The molecule has 1 aromatic heterocycles. The van der Waals surface area contributed by atoms with E-state index in [1.165, 1.54) is 55.3 Å². The Kier molecular flexibility index (Phi) is 11.6. The van der Waals surface area contributed by atoms with Gasteiger partial charge >= 0.3 is 24.3 Å². The molecule has 1 aromatic rings. The molecule has 4 rings (SSSR count). The van der Waals surface area contributed by atoms with Gasteiger partial charge in [-0.1, -0.05) is 0 Å². The molecule has 0 radical (unpaired) electrons. The minimum absolute atomic E-state index is 0.420. The first-order chi connectivity index (χ1) is 17.2. The molecular weight excluding hydrogens is 532 g/mol. The molecule has 0 aromatic carbocycles. The van der Waals surface area contributed by atoms with Crippen molar-refractivity contribution in [2.45, 2.75) is 50.8 Å². The number of carboxylic acid groups (broad SMARTS) is 2. The highest BCUT2D eigenvalue weighted by Crippen LogP contribution is 2.26. The molecule has 0 saturated carbocycles. The molecule has 8 nitrogen and oxygen atoms in total. The zero-order chi connectivity index (χ0) is 27.8. The second kappa shape index (κ2) is 13.7. The molecule has 0 spiro atoms. The fourth-order valence-electron chi connectivity index (χ4n) is 4.31. The highest BCUT2D eigenvalue weighted by atomic mass is 32.1. The molecule has 2 N–H and O–H groups in total. The lowest BCUT2D eigenvalue weighted by molar-refractivity contribution is -0.193. The van der Waals surface area contributed by atoms with Gasteiger partial charge < -0.3 is 19.8 Å². The van der Waals surface area contributed by atoms with Gasteiger partial charge in [0, 0.05) is 55.1 Å². The number of hydrogen-bond donors (Lipinski definition) is 2. The van der Waals surface area contributed by atoms with E-state index in [-0.39, 0.29) is 0 Å². The summed E-state index contributed by atoms with van der Waals surface area (Å²) in [4.78, 5) is 28.6. The van der Waals surface area contributed by atoms with Crippen LogP contribution in [0.3, 0.4) is 0 Å². The summed E-state index contributed by atoms with van der Waals surface area (Å²) in [6.07, 6.45) is -6.96. The average Bonchev–Trinajstić information content (AvgIpc) is 3.53. The van der Waals surface area contributed by atoms with Crippen LogP contribution in [0.1, 0.15) is 22.6 Å². The number of aryl methyl sites for hydroxylation is 1. The molecule has 3 fully saturated rings. The SMILES string of the molecule is Cc1ccc(CN2C[C@@H]3OCCN(CCN4CCCC4)[C@@H]3C2)s1.O=C(O)C(F)(F)F.O=C(O)C(F)(F)F. The maximum Gasteiger partial charge on any atom is 0.490 e. The number of alkyl halides is 6. The highest BCUT2D eigenvalue weighted by molar-refractivity contribution is 7.11. The van der Waals surface area contributed by atoms with Gasteiger partial charge in [-0.2, -0.15) is 26.3 Å². The summed E-state index contributed by atoms with van der Waals surface area (Å²) in [5.74, 6) is -5.51. The van der Waals surface area contributed by atoms with E-state index in [9.17, 15) is 26.3 Å². The summed E-state index contributed by atoms with van der Waals surface area (Å²) in [5, 5.41) is 14.2. The van der Waals surface area contributed by atoms with Crippen LogP contribution in [0, 0.1) is 6.92 Å². The lowest BCUT2D eigenvalue weighted by Crippen LogP contribution is -2.52. The molecule has 0 aliphatic carbocycles. The number of thiophene rings is 1. The van der Waals surface area contributed by atoms with Gasteiger partial charge in [-0.15, -0.1) is 11.3 Å². The number of likely N-dealkylation sites (tertiary alicyclic amines) is 2. The van der Waals surface area contributed by atoms with Crippen molar-refractivity contribution in [3.05, 3.63) is 21.9 Å². The molecule has 3 aliphatic heterocycles. The fraction of sp³-hybridized carbons (Fsp3) is 0.727. The number of carboxylic acids is 2. The minimum atomic E-state index is -5.08. The van der Waals surface area contributed by atoms with Crippen molar-refractivity contribution in [3.63, 3.8) is 0 Å². The Morgan fingerprint density at radius 2 is 1.51 bits per heavy atom. The maximum absolute atomic E-state index is 10.6. The quantitative estimate of drug-likeness (QED) is 0.528. The molecule has 0 amide bonds. The Morgan fingerprint density at radius 3 is 2.00 bits per heavy atom. The zero-order valence-corrected chi connectivity index (χ0v) is 21.0. The number of morpholine rings is 1. The number of ether oxygens (including phenoxy) is 1. The third-order valence-corrected chi connectivity index (χ3v) is 7.04. The summed E-state index contributed by atoms with van der Waals surface area (Å²) in [7, 11) is 0. The molecule has 15 heteroatoms. The van der Waals surface area contributed by atoms with Crippen LogP contribution in [0.15, 0.2) is 12.1 Å². The van der Waals surface area contributed by atoms with Crippen molar-refractivity contribution in [3.8, 4) is 0 Å². The predicted molar refractivity (Wildman–Crippen MR) is 122 cm³/mol. The van der Waals surface area contributed by atoms with Gasteiger partial charge in [-0.05, 0) is 45.0 Å². The van der Waals surface area contributed by atoms with E-state index in [4.69, 9.17) is 24.5 Å². The van der Waals surface area contributed by atoms with Crippen molar-refractivity contribution >= 4 is 23.3 Å². The summed E-state index contributed by atoms with van der Waals surface area (Å²) in [6.45, 7) is 12.7. The van der Waals surface area contributed by atoms with Gasteiger partial charge in [-0.3, -0.25) is 9.80 Å². The van der Waals surface area contributed by atoms with Crippen LogP contribution in [0.5, 0.6) is 0 Å². The first-order valence-corrected chi connectivity index (χ1v) is 12.4. The van der Waals surface area contributed by atoms with E-state index in [1.54, 1.807) is 0 Å². The number of nitrogens with zero attached hydrogens (tertiary/aromatic N) is 3. The van der Waals surface area contributed by atoms with Gasteiger partial charge in [0.1, 0.15) is 0 Å². The van der Waals surface area contributed by atoms with E-state index >= 15 is 0 Å². The molecule has 0 bridgehead atoms. The van der Waals surface area contributed by atoms with Gasteiger partial charge in [0.05, 0.1) is 12.7 Å². The average molecular weight is 564 g/mol. The fourth-order valence-corrected chi connectivity index (χ4v) is 5.24. The lowest BCUT2D eigenvalue weighted by atomic mass is 10.1. The Balaban J connectivity index is 0.000000286. The standard InChI is InChI=1S/C18H29N3OS.2C2HF3O2/c1-15-4-5-16(23-15)12-20-13-17-18(14-20)22-11-10-21(17)9-8-19-6-2-3-7-19;2*3-2(4,5)1(6)7/h4-5,17-18H,2-3,6-14H2,1H3;2*(H,6,7)/t17-,18+;;/m1../s1. The normalized spacial score (nSPS) is 23.0. The molecule has 2 atom stereocenters. The van der Waals surface area contributed by atoms with Crippen molar-refractivity contribution in [1.82, 2.24) is 14.7 Å². The topological polar surface area (TPSA) is 93.5 Å². The molecule has 3 saturated heterocycles. The second-order valence-electron chi connectivity index (χ2n) is 8.87. The molecule has 0 unspecified atom stereocenters. The van der Waals surface area contributed by atoms with Crippen LogP contribution in [-0.2, 0) is 20.9 Å². The van der Waals surface area contributed by atoms with Crippen LogP contribution < -0.4 is 0 Å². The van der Waals surface area contributed by atoms with Crippen LogP contribution in [0.25, 0.3) is 0 Å². The summed E-state index contributed by atoms with van der Waals surface area (Å²) < 4.78 is 69.6. The third kappa shape index (κ3) is 10.8. The number of halogens is 6. The molecular formula is C22H31F6N3O5S. The summed E-state index contributed by atoms with van der Waals surface area (Å²) in [5.41, 5.74) is 0. The Bertz CT molecular complexity index is 852. The number of fused-ring (bicyclic) bond motifs is 1. The van der Waals surface area contributed by atoms with Crippen LogP contribution in [0.2, 0.25) is 0 Å². The van der Waals surface area contributed by atoms with Crippen molar-refractivity contribution in [2.24, 2.45) is 0 Å². The lowest BCUT2D eigenvalue weighted by Gasteiger charge is -2.37. The zero-order valence-electron chi connectivity index (χ0n) is 20.2. The molecule has 212 valence electrons. The van der Waals surface area contributed by atoms with Crippen molar-refractivity contribution < 1.29 is 50.9 Å². The summed E-state index contributed by atoms with van der Waals surface area (Å²) >= 11 is 1.93. The smallest absolute Gasteiger partial charge is 0.475 e. The van der Waals surface area contributed by atoms with Crippen LogP contribution in [0.4, 0.5) is 26.3 Å². The van der Waals surface area contributed by atoms with E-state index in [2.05, 4.69) is 33.8 Å². The Morgan fingerprint density at radius 1 is 0.946 bits per heavy atom. The van der Waals surface area contributed by atoms with Crippen LogP contribution in [-0.4, -0.2) is 114 Å². The van der Waals surface area contributed by atoms with Crippen molar-refractivity contribution in [2.75, 3.05) is 52.4 Å². The van der Waals surface area contributed by atoms with E-state index in [0.717, 1.165) is 26.2 Å². The van der Waals surface area contributed by atoms with Gasteiger partial charge in [0.25, 0.3) is 0 Å². The van der Waals surface area contributed by atoms with E-state index in [0.29, 0.717) is 12.1 Å². The number of aliphatic carboxylic acids is 2.